The number of aryl methyl sites for hydroxylation is 1. The number of benzene rings is 2. The fraction of sp³-hybridized carbons (Fsp3) is 0.111. The summed E-state index contributed by atoms with van der Waals surface area (Å²) in [6.07, 6.45) is 0. The Bertz CT molecular complexity index is 879. The highest BCUT2D eigenvalue weighted by atomic mass is 16.5. The van der Waals surface area contributed by atoms with Gasteiger partial charge < -0.3 is 15.0 Å². The first kappa shape index (κ1) is 14.8. The summed E-state index contributed by atoms with van der Waals surface area (Å²) in [7, 11) is 1.33. The van der Waals surface area contributed by atoms with Gasteiger partial charge in [0.25, 0.3) is 5.91 Å². The summed E-state index contributed by atoms with van der Waals surface area (Å²) in [5, 5.41) is 3.78. The molecule has 2 aromatic carbocycles. The number of esters is 1. The summed E-state index contributed by atoms with van der Waals surface area (Å²) in [6, 6.07) is 14.3. The molecule has 5 nitrogen and oxygen atoms in total. The van der Waals surface area contributed by atoms with Crippen molar-refractivity contribution < 1.29 is 14.3 Å². The van der Waals surface area contributed by atoms with Crippen LogP contribution in [-0.4, -0.2) is 24.0 Å². The van der Waals surface area contributed by atoms with Crippen LogP contribution >= 0.6 is 0 Å². The lowest BCUT2D eigenvalue weighted by molar-refractivity contribution is 0.0600. The molecule has 0 saturated carbocycles. The van der Waals surface area contributed by atoms with Crippen LogP contribution < -0.4 is 5.32 Å². The van der Waals surface area contributed by atoms with Crippen LogP contribution in [0.3, 0.4) is 0 Å². The number of aromatic nitrogens is 1. The van der Waals surface area contributed by atoms with Crippen LogP contribution in [0.2, 0.25) is 0 Å². The van der Waals surface area contributed by atoms with E-state index in [0.29, 0.717) is 16.9 Å². The minimum absolute atomic E-state index is 0.232. The number of amides is 1. The zero-order valence-corrected chi connectivity index (χ0v) is 12.8. The van der Waals surface area contributed by atoms with E-state index in [1.807, 2.05) is 31.2 Å². The maximum atomic E-state index is 12.3. The lowest BCUT2D eigenvalue weighted by Crippen LogP contribution is -2.12. The van der Waals surface area contributed by atoms with Gasteiger partial charge in [-0.2, -0.15) is 0 Å². The smallest absolute Gasteiger partial charge is 0.337 e. The zero-order valence-electron chi connectivity index (χ0n) is 12.8. The number of methoxy groups -OCH3 is 1. The fourth-order valence-electron chi connectivity index (χ4n) is 2.37. The molecule has 0 atom stereocenters. The Labute approximate surface area is 133 Å². The highest BCUT2D eigenvalue weighted by Gasteiger charge is 2.11. The molecule has 0 aliphatic rings. The Morgan fingerprint density at radius 1 is 1.04 bits per heavy atom. The monoisotopic (exact) mass is 308 g/mol. The van der Waals surface area contributed by atoms with Crippen LogP contribution in [0, 0.1) is 6.92 Å². The average molecular weight is 308 g/mol. The van der Waals surface area contributed by atoms with Gasteiger partial charge >= 0.3 is 5.97 Å². The van der Waals surface area contributed by atoms with E-state index in [-0.39, 0.29) is 5.91 Å². The van der Waals surface area contributed by atoms with Gasteiger partial charge in [-0.25, -0.2) is 4.79 Å². The van der Waals surface area contributed by atoms with Crippen LogP contribution in [0.4, 0.5) is 5.69 Å². The predicted octanol–water partition coefficient (Wildman–Crippen LogP) is 3.52. The number of anilines is 1. The van der Waals surface area contributed by atoms with Crippen LogP contribution in [-0.2, 0) is 4.74 Å². The largest absolute Gasteiger partial charge is 0.465 e. The van der Waals surface area contributed by atoms with E-state index in [0.717, 1.165) is 16.5 Å². The van der Waals surface area contributed by atoms with Gasteiger partial charge in [-0.05, 0) is 48.9 Å². The highest BCUT2D eigenvalue weighted by Crippen LogP contribution is 2.18. The molecule has 0 fully saturated rings. The number of carbonyl (C=O) groups is 2. The maximum absolute atomic E-state index is 12.3. The van der Waals surface area contributed by atoms with Crippen molar-refractivity contribution in [1.82, 2.24) is 4.98 Å². The number of ether oxygens (including phenoxy) is 1. The SMILES string of the molecule is COC(=O)c1ccc(NC(=O)c2cc3ccc(C)cc3[nH]2)cc1. The molecular weight excluding hydrogens is 292 g/mol. The van der Waals surface area contributed by atoms with Crippen LogP contribution in [0.15, 0.2) is 48.5 Å². The van der Waals surface area contributed by atoms with Gasteiger partial charge in [0, 0.05) is 16.6 Å². The second kappa shape index (κ2) is 5.96. The van der Waals surface area contributed by atoms with E-state index in [4.69, 9.17) is 0 Å². The van der Waals surface area contributed by atoms with Crippen molar-refractivity contribution in [3.05, 3.63) is 65.4 Å². The van der Waals surface area contributed by atoms with Crippen molar-refractivity contribution in [3.8, 4) is 0 Å². The number of fused-ring (bicyclic) bond motifs is 1. The van der Waals surface area contributed by atoms with Gasteiger partial charge in [0.15, 0.2) is 0 Å². The lowest BCUT2D eigenvalue weighted by atomic mass is 10.2. The average Bonchev–Trinajstić information content (AvgIpc) is 2.98. The van der Waals surface area contributed by atoms with Gasteiger partial charge in [0.2, 0.25) is 0 Å². The zero-order chi connectivity index (χ0) is 16.4. The van der Waals surface area contributed by atoms with Crippen LogP contribution in [0.1, 0.15) is 26.4 Å². The summed E-state index contributed by atoms with van der Waals surface area (Å²) in [5.74, 6) is -0.640. The van der Waals surface area contributed by atoms with Crippen molar-refractivity contribution in [2.75, 3.05) is 12.4 Å². The number of hydrogen-bond acceptors (Lipinski definition) is 3. The number of carbonyl (C=O) groups excluding carboxylic acids is 2. The summed E-state index contributed by atoms with van der Waals surface area (Å²) in [4.78, 5) is 26.8. The fourth-order valence-corrected chi connectivity index (χ4v) is 2.37. The van der Waals surface area contributed by atoms with E-state index >= 15 is 0 Å². The van der Waals surface area contributed by atoms with Crippen LogP contribution in [0.25, 0.3) is 10.9 Å². The Hall–Kier alpha value is -3.08. The highest BCUT2D eigenvalue weighted by molar-refractivity contribution is 6.06. The number of aromatic amines is 1. The molecule has 3 rings (SSSR count). The van der Waals surface area contributed by atoms with E-state index in [9.17, 15) is 9.59 Å². The molecule has 23 heavy (non-hydrogen) atoms. The minimum Gasteiger partial charge on any atom is -0.465 e. The first-order valence-electron chi connectivity index (χ1n) is 7.16. The molecule has 0 unspecified atom stereocenters. The topological polar surface area (TPSA) is 71.2 Å². The molecular formula is C18H16N2O3. The number of H-pyrrole nitrogens is 1. The van der Waals surface area contributed by atoms with Gasteiger partial charge in [-0.3, -0.25) is 4.79 Å². The summed E-state index contributed by atoms with van der Waals surface area (Å²) in [6.45, 7) is 2.00. The van der Waals surface area contributed by atoms with E-state index in [1.54, 1.807) is 24.3 Å². The second-order valence-corrected chi connectivity index (χ2v) is 5.30. The molecule has 1 amide bonds. The second-order valence-electron chi connectivity index (χ2n) is 5.30. The molecule has 0 bridgehead atoms. The standard InChI is InChI=1S/C18H16N2O3/c1-11-3-4-13-10-16(20-15(13)9-11)17(21)19-14-7-5-12(6-8-14)18(22)23-2/h3-10,20H,1-2H3,(H,19,21). The van der Waals surface area contributed by atoms with Crippen LogP contribution in [0.5, 0.6) is 0 Å². The number of hydrogen-bond donors (Lipinski definition) is 2. The Morgan fingerprint density at radius 3 is 2.48 bits per heavy atom. The Balaban J connectivity index is 1.78. The molecule has 0 radical (unpaired) electrons. The molecule has 1 aromatic heterocycles. The van der Waals surface area contributed by atoms with Gasteiger partial charge in [-0.1, -0.05) is 12.1 Å². The Kier molecular flexibility index (Phi) is 3.85. The third kappa shape index (κ3) is 3.08. The molecule has 3 aromatic rings. The molecule has 0 aliphatic heterocycles. The first-order valence-corrected chi connectivity index (χ1v) is 7.16. The van der Waals surface area contributed by atoms with Gasteiger partial charge in [0.05, 0.1) is 12.7 Å². The lowest BCUT2D eigenvalue weighted by Gasteiger charge is -2.04. The molecule has 1 heterocycles. The summed E-state index contributed by atoms with van der Waals surface area (Å²) >= 11 is 0. The number of rotatable bonds is 3. The van der Waals surface area contributed by atoms with Crippen molar-refractivity contribution >= 4 is 28.5 Å². The van der Waals surface area contributed by atoms with Gasteiger partial charge in [-0.15, -0.1) is 0 Å². The predicted molar refractivity (Wildman–Crippen MR) is 88.8 cm³/mol. The first-order chi connectivity index (χ1) is 11.1. The van der Waals surface area contributed by atoms with E-state index in [1.165, 1.54) is 7.11 Å². The molecule has 0 saturated heterocycles. The van der Waals surface area contributed by atoms with Crippen molar-refractivity contribution in [2.24, 2.45) is 0 Å². The van der Waals surface area contributed by atoms with Crippen molar-refractivity contribution in [3.63, 3.8) is 0 Å². The molecule has 0 spiro atoms. The molecule has 5 heteroatoms. The maximum Gasteiger partial charge on any atom is 0.337 e. The summed E-state index contributed by atoms with van der Waals surface area (Å²) < 4.78 is 4.64. The van der Waals surface area contributed by atoms with Crippen molar-refractivity contribution in [2.45, 2.75) is 6.92 Å². The van der Waals surface area contributed by atoms with Gasteiger partial charge in [0.1, 0.15) is 5.69 Å². The third-order valence-corrected chi connectivity index (χ3v) is 3.59. The molecule has 0 aliphatic carbocycles. The quantitative estimate of drug-likeness (QED) is 0.727. The summed E-state index contributed by atoms with van der Waals surface area (Å²) in [5.41, 5.74) is 3.59. The molecule has 2 N–H and O–H groups in total. The number of nitrogens with one attached hydrogen (secondary N) is 2. The molecule has 116 valence electrons. The normalized spacial score (nSPS) is 10.5. The minimum atomic E-state index is -0.408. The van der Waals surface area contributed by atoms with E-state index < -0.39 is 5.97 Å². The third-order valence-electron chi connectivity index (χ3n) is 3.59. The van der Waals surface area contributed by atoms with Crippen molar-refractivity contribution in [1.29, 1.82) is 0 Å². The Morgan fingerprint density at radius 2 is 1.78 bits per heavy atom. The van der Waals surface area contributed by atoms with E-state index in [2.05, 4.69) is 15.0 Å².